The maximum Gasteiger partial charge on any atom is 0.00286 e. The predicted octanol–water partition coefficient (Wildman–Crippen LogP) is -0.294. The van der Waals surface area contributed by atoms with Crippen molar-refractivity contribution in [1.29, 1.82) is 0 Å². The third-order valence-corrected chi connectivity index (χ3v) is 2.30. The van der Waals surface area contributed by atoms with Crippen LogP contribution < -0.4 is 0 Å². The van der Waals surface area contributed by atoms with E-state index in [1.54, 1.807) is 0 Å². The number of rotatable bonds is 2. The van der Waals surface area contributed by atoms with Crippen molar-refractivity contribution in [3.05, 3.63) is 35.9 Å². The summed E-state index contributed by atoms with van der Waals surface area (Å²) in [5.41, 5.74) is 1.51. The Kier molecular flexibility index (Phi) is 2.90. The fourth-order valence-corrected chi connectivity index (χ4v) is 2.03. The van der Waals surface area contributed by atoms with Crippen LogP contribution in [0.5, 0.6) is 0 Å². The van der Waals surface area contributed by atoms with Crippen LogP contribution >= 0.6 is 0 Å². The molecule has 0 radical (unpaired) electrons. The summed E-state index contributed by atoms with van der Waals surface area (Å²) < 4.78 is 0. The van der Waals surface area contributed by atoms with Crippen LogP contribution in [-0.2, 0) is 6.42 Å². The second-order valence-electron chi connectivity index (χ2n) is 3.08. The molecule has 0 atom stereocenters. The fraction of sp³-hybridized carbons (Fsp3) is 0.250. The summed E-state index contributed by atoms with van der Waals surface area (Å²) in [6.07, 6.45) is 1.32. The molecule has 0 amide bonds. The zero-order valence-corrected chi connectivity index (χ0v) is 10.7. The molecule has 0 unspecified atom stereocenters. The minimum atomic E-state index is 1.04. The average Bonchev–Trinajstić information content (AvgIpc) is 1.88. The molecule has 0 spiro atoms. The van der Waals surface area contributed by atoms with Gasteiger partial charge in [-0.25, -0.2) is 0 Å². The van der Waals surface area contributed by atoms with Gasteiger partial charge < -0.3 is 0 Å². The summed E-state index contributed by atoms with van der Waals surface area (Å²) in [5.74, 6) is 0. The van der Waals surface area contributed by atoms with Gasteiger partial charge in [-0.15, -0.1) is 0 Å². The van der Waals surface area contributed by atoms with Crippen LogP contribution in [0, 0.1) is 0 Å². The van der Waals surface area contributed by atoms with E-state index in [-0.39, 0.29) is 0 Å². The van der Waals surface area contributed by atoms with Crippen molar-refractivity contribution < 1.29 is 0 Å². The highest BCUT2D eigenvalue weighted by Crippen LogP contribution is 2.05. The molecule has 1 aromatic carbocycles. The molecule has 0 saturated carbocycles. The Morgan fingerprint density at radius 1 is 1.10 bits per heavy atom. The third kappa shape index (κ3) is 2.50. The van der Waals surface area contributed by atoms with Gasteiger partial charge in [0.05, 0.1) is 0 Å². The first kappa shape index (κ1) is 7.76. The fourth-order valence-electron chi connectivity index (χ4n) is 1.09. The molecule has 0 aliphatic rings. The molecule has 1 aromatic rings. The van der Waals surface area contributed by atoms with E-state index in [9.17, 15) is 0 Å². The van der Waals surface area contributed by atoms with E-state index in [0.717, 1.165) is 5.16 Å². The average molecular weight is 166 g/mol. The molecule has 0 nitrogen and oxygen atoms in total. The van der Waals surface area contributed by atoms with E-state index in [1.165, 1.54) is 32.5 Å². The van der Waals surface area contributed by atoms with Gasteiger partial charge >= 0.3 is 0 Å². The lowest BCUT2D eigenvalue weighted by molar-refractivity contribution is 1.07. The number of hydrogen-bond acceptors (Lipinski definition) is 0. The molecule has 0 saturated heterocycles. The van der Waals surface area contributed by atoms with Gasteiger partial charge in [-0.05, 0) is 12.0 Å². The SMILES string of the molecule is [SiH3]C([SiH3])Cc1ccccc1. The van der Waals surface area contributed by atoms with Gasteiger partial charge in [-0.2, -0.15) is 0 Å². The molecular weight excluding hydrogens is 152 g/mol. The van der Waals surface area contributed by atoms with Gasteiger partial charge in [-0.3, -0.25) is 0 Å². The van der Waals surface area contributed by atoms with E-state index >= 15 is 0 Å². The zero-order chi connectivity index (χ0) is 7.40. The molecule has 0 aromatic heterocycles. The monoisotopic (exact) mass is 166 g/mol. The van der Waals surface area contributed by atoms with Gasteiger partial charge in [-0.1, -0.05) is 35.5 Å². The Morgan fingerprint density at radius 3 is 2.20 bits per heavy atom. The molecule has 0 N–H and O–H groups in total. The third-order valence-electron chi connectivity index (χ3n) is 1.49. The zero-order valence-electron chi connectivity index (χ0n) is 6.67. The molecule has 10 heavy (non-hydrogen) atoms. The van der Waals surface area contributed by atoms with Crippen molar-refractivity contribution in [2.45, 2.75) is 11.6 Å². The molecular formula is C8H14Si2. The summed E-state index contributed by atoms with van der Waals surface area (Å²) in [6.45, 7) is 0. The Morgan fingerprint density at radius 2 is 1.70 bits per heavy atom. The van der Waals surface area contributed by atoms with E-state index in [4.69, 9.17) is 0 Å². The number of hydrogen-bond donors (Lipinski definition) is 0. The molecule has 0 fully saturated rings. The summed E-state index contributed by atoms with van der Waals surface area (Å²) in [7, 11) is 2.73. The first-order valence-electron chi connectivity index (χ1n) is 3.83. The Bertz CT molecular complexity index is 182. The molecule has 2 heteroatoms. The molecule has 1 rings (SSSR count). The lowest BCUT2D eigenvalue weighted by atomic mass is 10.2. The largest absolute Gasteiger partial charge is 0.0623 e. The summed E-state index contributed by atoms with van der Waals surface area (Å²) in [6, 6.07) is 10.8. The molecule has 0 aliphatic heterocycles. The highest BCUT2D eigenvalue weighted by molar-refractivity contribution is 6.35. The summed E-state index contributed by atoms with van der Waals surface area (Å²) >= 11 is 0. The number of benzene rings is 1. The standard InChI is InChI=1S/C8H14Si2/c9-8(10)6-7-4-2-1-3-5-7/h1-5,8H,6H2,9-10H3. The molecule has 0 aliphatic carbocycles. The van der Waals surface area contributed by atoms with Crippen LogP contribution in [0.15, 0.2) is 30.3 Å². The van der Waals surface area contributed by atoms with Crippen molar-refractivity contribution >= 4 is 20.5 Å². The molecule has 54 valence electrons. The van der Waals surface area contributed by atoms with Crippen LogP contribution in [0.4, 0.5) is 0 Å². The van der Waals surface area contributed by atoms with E-state index in [0.29, 0.717) is 0 Å². The van der Waals surface area contributed by atoms with Crippen LogP contribution in [0.1, 0.15) is 5.56 Å². The van der Waals surface area contributed by atoms with Crippen molar-refractivity contribution in [2.24, 2.45) is 0 Å². The van der Waals surface area contributed by atoms with E-state index in [1.807, 2.05) is 0 Å². The van der Waals surface area contributed by atoms with Gasteiger partial charge in [0.15, 0.2) is 0 Å². The predicted molar refractivity (Wildman–Crippen MR) is 53.8 cm³/mol. The van der Waals surface area contributed by atoms with Gasteiger partial charge in [0.1, 0.15) is 0 Å². The minimum Gasteiger partial charge on any atom is -0.0623 e. The van der Waals surface area contributed by atoms with Gasteiger partial charge in [0.25, 0.3) is 0 Å². The first-order valence-corrected chi connectivity index (χ1v) is 6.14. The highest BCUT2D eigenvalue weighted by atomic mass is 28.2. The Hall–Kier alpha value is -0.346. The topological polar surface area (TPSA) is 0 Å². The van der Waals surface area contributed by atoms with Crippen molar-refractivity contribution in [1.82, 2.24) is 0 Å². The normalized spacial score (nSPS) is 13.6. The summed E-state index contributed by atoms with van der Waals surface area (Å²) in [4.78, 5) is 0. The maximum absolute atomic E-state index is 2.22. The van der Waals surface area contributed by atoms with Crippen LogP contribution in [0.2, 0.25) is 5.16 Å². The molecule has 0 bridgehead atoms. The van der Waals surface area contributed by atoms with E-state index in [2.05, 4.69) is 30.3 Å². The minimum absolute atomic E-state index is 1.04. The van der Waals surface area contributed by atoms with Crippen LogP contribution in [0.25, 0.3) is 0 Å². The van der Waals surface area contributed by atoms with Gasteiger partial charge in [0, 0.05) is 20.5 Å². The van der Waals surface area contributed by atoms with Crippen LogP contribution in [-0.4, -0.2) is 20.5 Å². The van der Waals surface area contributed by atoms with E-state index < -0.39 is 0 Å². The second kappa shape index (κ2) is 3.73. The Labute approximate surface area is 68.5 Å². The van der Waals surface area contributed by atoms with Crippen molar-refractivity contribution in [2.75, 3.05) is 0 Å². The lowest BCUT2D eigenvalue weighted by Gasteiger charge is -2.02. The lowest BCUT2D eigenvalue weighted by Crippen LogP contribution is -1.95. The maximum atomic E-state index is 2.22. The highest BCUT2D eigenvalue weighted by Gasteiger charge is 1.94. The molecule has 0 heterocycles. The first-order chi connectivity index (χ1) is 4.79. The van der Waals surface area contributed by atoms with Crippen molar-refractivity contribution in [3.8, 4) is 0 Å². The second-order valence-corrected chi connectivity index (χ2v) is 9.34. The van der Waals surface area contributed by atoms with Crippen LogP contribution in [0.3, 0.4) is 0 Å². The summed E-state index contributed by atoms with van der Waals surface area (Å²) in [5, 5.41) is 1.04. The smallest absolute Gasteiger partial charge is 0.00286 e. The quantitative estimate of drug-likeness (QED) is 0.530. The van der Waals surface area contributed by atoms with Gasteiger partial charge in [0.2, 0.25) is 0 Å². The van der Waals surface area contributed by atoms with Crippen molar-refractivity contribution in [3.63, 3.8) is 0 Å². The Balaban J connectivity index is 2.59.